The number of nitrogens with zero attached hydrogens (tertiary/aromatic N) is 5. The Bertz CT molecular complexity index is 637. The van der Waals surface area contributed by atoms with Crippen LogP contribution in [0, 0.1) is 11.8 Å². The first-order valence-corrected chi connectivity index (χ1v) is 11.3. The summed E-state index contributed by atoms with van der Waals surface area (Å²) in [6.45, 7) is 15.2. The molecule has 28 heavy (non-hydrogen) atoms. The van der Waals surface area contributed by atoms with Crippen LogP contribution in [0.2, 0.25) is 0 Å². The lowest BCUT2D eigenvalue weighted by Crippen LogP contribution is -2.47. The number of aliphatic imine (C=N–C) groups is 1. The molecule has 2 aliphatic heterocycles. The second-order valence-electron chi connectivity index (χ2n) is 8.74. The van der Waals surface area contributed by atoms with Gasteiger partial charge in [-0.3, -0.25) is 4.99 Å². The van der Waals surface area contributed by atoms with Gasteiger partial charge < -0.3 is 15.5 Å². The van der Waals surface area contributed by atoms with E-state index >= 15 is 0 Å². The molecule has 1 aromatic rings. The van der Waals surface area contributed by atoms with Crippen molar-refractivity contribution in [3.8, 4) is 0 Å². The molecule has 7 nitrogen and oxygen atoms in total. The Morgan fingerprint density at radius 2 is 2.11 bits per heavy atom. The SMILES string of the molecule is CCNC(=NCC1CCCN(CC(C)C)C1)NC1CCc2nc(CC)nn2C1. The third-order valence-corrected chi connectivity index (χ3v) is 5.64. The van der Waals surface area contributed by atoms with Crippen LogP contribution in [0.25, 0.3) is 0 Å². The van der Waals surface area contributed by atoms with Crippen LogP contribution in [0.5, 0.6) is 0 Å². The van der Waals surface area contributed by atoms with E-state index in [-0.39, 0.29) is 0 Å². The quantitative estimate of drug-likeness (QED) is 0.552. The van der Waals surface area contributed by atoms with Gasteiger partial charge in [-0.15, -0.1) is 0 Å². The zero-order valence-electron chi connectivity index (χ0n) is 18.2. The molecular formula is C21H39N7. The normalized spacial score (nSPS) is 23.7. The number of nitrogens with one attached hydrogen (secondary N) is 2. The van der Waals surface area contributed by atoms with Crippen molar-refractivity contribution in [2.24, 2.45) is 16.8 Å². The summed E-state index contributed by atoms with van der Waals surface area (Å²) >= 11 is 0. The van der Waals surface area contributed by atoms with Crippen LogP contribution in [0.3, 0.4) is 0 Å². The lowest BCUT2D eigenvalue weighted by atomic mass is 9.97. The average Bonchev–Trinajstić information content (AvgIpc) is 3.08. The number of hydrogen-bond acceptors (Lipinski definition) is 4. The van der Waals surface area contributed by atoms with Crippen LogP contribution in [-0.2, 0) is 19.4 Å². The zero-order chi connectivity index (χ0) is 19.9. The lowest BCUT2D eigenvalue weighted by molar-refractivity contribution is 0.162. The molecule has 1 fully saturated rings. The molecule has 1 saturated heterocycles. The predicted octanol–water partition coefficient (Wildman–Crippen LogP) is 2.08. The summed E-state index contributed by atoms with van der Waals surface area (Å²) in [5.74, 6) is 4.45. The summed E-state index contributed by atoms with van der Waals surface area (Å²) in [4.78, 5) is 12.2. The molecule has 2 unspecified atom stereocenters. The maximum absolute atomic E-state index is 4.94. The van der Waals surface area contributed by atoms with E-state index in [1.54, 1.807) is 0 Å². The van der Waals surface area contributed by atoms with Crippen LogP contribution >= 0.6 is 0 Å². The minimum atomic E-state index is 0.362. The molecule has 0 radical (unpaired) electrons. The van der Waals surface area contributed by atoms with Gasteiger partial charge in [0, 0.05) is 45.1 Å². The van der Waals surface area contributed by atoms with E-state index in [1.165, 1.54) is 32.5 Å². The monoisotopic (exact) mass is 389 g/mol. The Morgan fingerprint density at radius 1 is 1.25 bits per heavy atom. The van der Waals surface area contributed by atoms with E-state index in [9.17, 15) is 0 Å². The fourth-order valence-corrected chi connectivity index (χ4v) is 4.34. The third-order valence-electron chi connectivity index (χ3n) is 5.64. The predicted molar refractivity (Wildman–Crippen MR) is 115 cm³/mol. The molecular weight excluding hydrogens is 350 g/mol. The molecule has 0 saturated carbocycles. The maximum atomic E-state index is 4.94. The van der Waals surface area contributed by atoms with E-state index in [4.69, 9.17) is 4.99 Å². The molecule has 0 aliphatic carbocycles. The summed E-state index contributed by atoms with van der Waals surface area (Å²) in [6, 6.07) is 0.362. The highest BCUT2D eigenvalue weighted by molar-refractivity contribution is 5.80. The molecule has 1 aromatic heterocycles. The van der Waals surface area contributed by atoms with E-state index in [0.29, 0.717) is 12.0 Å². The lowest BCUT2D eigenvalue weighted by Gasteiger charge is -2.33. The Kier molecular flexibility index (Phi) is 7.71. The van der Waals surface area contributed by atoms with Gasteiger partial charge in [-0.1, -0.05) is 20.8 Å². The topological polar surface area (TPSA) is 70.4 Å². The summed E-state index contributed by atoms with van der Waals surface area (Å²) in [5, 5.41) is 11.7. The van der Waals surface area contributed by atoms with Crippen molar-refractivity contribution >= 4 is 5.96 Å². The zero-order valence-corrected chi connectivity index (χ0v) is 18.2. The highest BCUT2D eigenvalue weighted by atomic mass is 15.4. The minimum absolute atomic E-state index is 0.362. The van der Waals surface area contributed by atoms with Crippen molar-refractivity contribution < 1.29 is 0 Å². The molecule has 7 heteroatoms. The van der Waals surface area contributed by atoms with Crippen molar-refractivity contribution in [1.29, 1.82) is 0 Å². The standard InChI is InChI=1S/C21H39N7/c1-5-19-25-20-10-9-18(15-28(20)26-19)24-21(22-6-2)23-12-17-8-7-11-27(14-17)13-16(3)4/h16-18H,5-15H2,1-4H3,(H2,22,23,24). The number of guanidine groups is 1. The van der Waals surface area contributed by atoms with Crippen LogP contribution in [0.1, 0.15) is 58.6 Å². The van der Waals surface area contributed by atoms with Gasteiger partial charge >= 0.3 is 0 Å². The molecule has 0 spiro atoms. The summed E-state index contributed by atoms with van der Waals surface area (Å²) < 4.78 is 2.08. The van der Waals surface area contributed by atoms with Crippen LogP contribution in [-0.4, -0.2) is 64.4 Å². The second-order valence-corrected chi connectivity index (χ2v) is 8.74. The molecule has 158 valence electrons. The molecule has 3 heterocycles. The number of aryl methyl sites for hydroxylation is 2. The highest BCUT2D eigenvalue weighted by Crippen LogP contribution is 2.18. The fourth-order valence-electron chi connectivity index (χ4n) is 4.34. The van der Waals surface area contributed by atoms with Gasteiger partial charge in [0.1, 0.15) is 5.82 Å². The number of piperidine rings is 1. The average molecular weight is 390 g/mol. The highest BCUT2D eigenvalue weighted by Gasteiger charge is 2.23. The van der Waals surface area contributed by atoms with Crippen molar-refractivity contribution in [3.05, 3.63) is 11.6 Å². The van der Waals surface area contributed by atoms with Crippen molar-refractivity contribution in [2.75, 3.05) is 32.7 Å². The van der Waals surface area contributed by atoms with Crippen molar-refractivity contribution in [1.82, 2.24) is 30.3 Å². The Morgan fingerprint density at radius 3 is 2.86 bits per heavy atom. The number of hydrogen-bond donors (Lipinski definition) is 2. The van der Waals surface area contributed by atoms with Gasteiger partial charge in [-0.05, 0) is 44.6 Å². The first kappa shape index (κ1) is 21.1. The molecule has 2 atom stereocenters. The van der Waals surface area contributed by atoms with Gasteiger partial charge in [0.2, 0.25) is 0 Å². The Hall–Kier alpha value is -1.63. The van der Waals surface area contributed by atoms with E-state index < -0.39 is 0 Å². The fraction of sp³-hybridized carbons (Fsp3) is 0.857. The smallest absolute Gasteiger partial charge is 0.191 e. The van der Waals surface area contributed by atoms with Gasteiger partial charge in [0.25, 0.3) is 0 Å². The van der Waals surface area contributed by atoms with Crippen LogP contribution in [0.15, 0.2) is 4.99 Å². The molecule has 0 bridgehead atoms. The second kappa shape index (κ2) is 10.2. The first-order chi connectivity index (χ1) is 13.6. The van der Waals surface area contributed by atoms with Crippen LogP contribution in [0.4, 0.5) is 0 Å². The minimum Gasteiger partial charge on any atom is -0.357 e. The Labute approximate surface area is 170 Å². The van der Waals surface area contributed by atoms with Gasteiger partial charge in [-0.25, -0.2) is 9.67 Å². The van der Waals surface area contributed by atoms with Gasteiger partial charge in [-0.2, -0.15) is 5.10 Å². The molecule has 3 rings (SSSR count). The number of aromatic nitrogens is 3. The third kappa shape index (κ3) is 5.93. The number of fused-ring (bicyclic) bond motifs is 1. The van der Waals surface area contributed by atoms with Gasteiger partial charge in [0.15, 0.2) is 11.8 Å². The van der Waals surface area contributed by atoms with E-state index in [1.807, 2.05) is 0 Å². The maximum Gasteiger partial charge on any atom is 0.191 e. The largest absolute Gasteiger partial charge is 0.357 e. The molecule has 2 N–H and O–H groups in total. The first-order valence-electron chi connectivity index (χ1n) is 11.3. The number of rotatable bonds is 7. The van der Waals surface area contributed by atoms with Crippen molar-refractivity contribution in [2.45, 2.75) is 72.4 Å². The van der Waals surface area contributed by atoms with Crippen LogP contribution < -0.4 is 10.6 Å². The molecule has 2 aliphatic rings. The molecule has 0 aromatic carbocycles. The summed E-state index contributed by atoms with van der Waals surface area (Å²) in [6.07, 6.45) is 5.56. The molecule has 0 amide bonds. The Balaban J connectivity index is 1.54. The number of likely N-dealkylation sites (tertiary alicyclic amines) is 1. The van der Waals surface area contributed by atoms with E-state index in [0.717, 1.165) is 62.4 Å². The summed E-state index contributed by atoms with van der Waals surface area (Å²) in [5.41, 5.74) is 0. The van der Waals surface area contributed by atoms with Gasteiger partial charge in [0.05, 0.1) is 6.54 Å². The van der Waals surface area contributed by atoms with E-state index in [2.05, 4.69) is 58.0 Å². The van der Waals surface area contributed by atoms with Crippen molar-refractivity contribution in [3.63, 3.8) is 0 Å². The summed E-state index contributed by atoms with van der Waals surface area (Å²) in [7, 11) is 0.